The number of aliphatic imine (C=N–C) groups is 1. The van der Waals surface area contributed by atoms with Crippen molar-refractivity contribution in [2.75, 3.05) is 19.8 Å². The number of aliphatic carboxylic acids is 1. The summed E-state index contributed by atoms with van der Waals surface area (Å²) in [5.74, 6) is -1.03. The predicted octanol–water partition coefficient (Wildman–Crippen LogP) is 6.20. The standard InChI is InChI=1S/C44H50N4O10S/c1-26-27(2)40(28(3)35-23-44(4,5)58-39(26)35)59(53,54)48-42(45)46-21-10-15-37(41(51)56-24-29-16-18-30(19-17-29)55-22-20-38(49)50)47-43(52)57-25-36-33-13-8-6-11-31(33)32-12-7-9-14-34(32)36/h6-9,11-14,16-19,36-37H,10,15,20-25H2,1-5H3,(H,47,52)(H,49,50)(H3,45,46,48). The quantitative estimate of drug-likeness (QED) is 0.0433. The van der Waals surface area contributed by atoms with Gasteiger partial charge in [-0.05, 0) is 104 Å². The smallest absolute Gasteiger partial charge is 0.407 e. The summed E-state index contributed by atoms with van der Waals surface area (Å²) in [6, 6.07) is 21.4. The van der Waals surface area contributed by atoms with Crippen molar-refractivity contribution in [1.29, 1.82) is 0 Å². The molecule has 1 aliphatic heterocycles. The Hall–Kier alpha value is -6.09. The number of amides is 1. The van der Waals surface area contributed by atoms with Gasteiger partial charge in [0.05, 0.1) is 17.9 Å². The number of guanidine groups is 1. The second-order valence-electron chi connectivity index (χ2n) is 15.3. The predicted molar refractivity (Wildman–Crippen MR) is 221 cm³/mol. The summed E-state index contributed by atoms with van der Waals surface area (Å²) < 4.78 is 52.6. The molecule has 0 aromatic heterocycles. The van der Waals surface area contributed by atoms with Crippen molar-refractivity contribution in [1.82, 2.24) is 10.0 Å². The molecule has 6 rings (SSSR count). The third-order valence-electron chi connectivity index (χ3n) is 10.5. The summed E-state index contributed by atoms with van der Waals surface area (Å²) >= 11 is 0. The molecular formula is C44H50N4O10S. The first-order chi connectivity index (χ1) is 28.0. The van der Waals surface area contributed by atoms with Crippen LogP contribution in [0, 0.1) is 20.8 Å². The van der Waals surface area contributed by atoms with Crippen molar-refractivity contribution in [3.05, 3.63) is 112 Å². The van der Waals surface area contributed by atoms with Crippen LogP contribution >= 0.6 is 0 Å². The number of carbonyl (C=O) groups excluding carboxylic acids is 2. The van der Waals surface area contributed by atoms with Gasteiger partial charge in [0.25, 0.3) is 10.0 Å². The molecule has 0 fully saturated rings. The first-order valence-corrected chi connectivity index (χ1v) is 20.9. The molecule has 1 atom stereocenters. The molecule has 4 aromatic rings. The van der Waals surface area contributed by atoms with Crippen LogP contribution in [0.2, 0.25) is 0 Å². The molecule has 312 valence electrons. The van der Waals surface area contributed by atoms with E-state index in [0.717, 1.165) is 33.4 Å². The van der Waals surface area contributed by atoms with Crippen LogP contribution in [0.15, 0.2) is 82.7 Å². The topological polar surface area (TPSA) is 205 Å². The van der Waals surface area contributed by atoms with Crippen LogP contribution in [-0.4, -0.2) is 68.9 Å². The van der Waals surface area contributed by atoms with Gasteiger partial charge in [-0.3, -0.25) is 9.79 Å². The van der Waals surface area contributed by atoms with Gasteiger partial charge in [0, 0.05) is 24.4 Å². The number of carboxylic acids is 1. The van der Waals surface area contributed by atoms with Crippen LogP contribution in [0.1, 0.15) is 78.0 Å². The Morgan fingerprint density at radius 2 is 1.58 bits per heavy atom. The third-order valence-corrected chi connectivity index (χ3v) is 12.2. The second kappa shape index (κ2) is 17.8. The number of ether oxygens (including phenoxy) is 4. The third kappa shape index (κ3) is 9.97. The molecule has 1 heterocycles. The van der Waals surface area contributed by atoms with Gasteiger partial charge < -0.3 is 35.1 Å². The average Bonchev–Trinajstić information content (AvgIpc) is 3.70. The summed E-state index contributed by atoms with van der Waals surface area (Å²) in [7, 11) is -4.12. The van der Waals surface area contributed by atoms with E-state index < -0.39 is 39.7 Å². The minimum atomic E-state index is -4.12. The number of fused-ring (bicyclic) bond motifs is 4. The first-order valence-electron chi connectivity index (χ1n) is 19.4. The van der Waals surface area contributed by atoms with E-state index in [1.807, 2.05) is 69.3 Å². The number of nitrogens with zero attached hydrogens (tertiary/aromatic N) is 1. The zero-order valence-corrected chi connectivity index (χ0v) is 34.6. The van der Waals surface area contributed by atoms with Crippen molar-refractivity contribution < 1.29 is 46.9 Å². The van der Waals surface area contributed by atoms with Crippen LogP contribution in [-0.2, 0) is 42.1 Å². The van der Waals surface area contributed by atoms with E-state index in [4.69, 9.17) is 29.8 Å². The molecule has 0 radical (unpaired) electrons. The number of carbonyl (C=O) groups is 3. The number of sulfonamides is 1. The summed E-state index contributed by atoms with van der Waals surface area (Å²) in [5.41, 5.74) is 13.2. The van der Waals surface area contributed by atoms with Gasteiger partial charge in [0.2, 0.25) is 5.96 Å². The van der Waals surface area contributed by atoms with Gasteiger partial charge in [-0.15, -0.1) is 0 Å². The normalized spacial score (nSPS) is 14.6. The number of nitrogens with two attached hydrogens (primary N) is 1. The Labute approximate surface area is 344 Å². The molecule has 4 aromatic carbocycles. The lowest BCUT2D eigenvalue weighted by molar-refractivity contribution is -0.147. The Morgan fingerprint density at radius 3 is 2.22 bits per heavy atom. The van der Waals surface area contributed by atoms with Gasteiger partial charge >= 0.3 is 18.0 Å². The van der Waals surface area contributed by atoms with E-state index in [1.165, 1.54) is 0 Å². The highest BCUT2D eigenvalue weighted by molar-refractivity contribution is 7.90. The summed E-state index contributed by atoms with van der Waals surface area (Å²) in [5, 5.41) is 11.5. The number of hydrogen-bond acceptors (Lipinski definition) is 10. The minimum absolute atomic E-state index is 0.0105. The molecular weight excluding hydrogens is 777 g/mol. The van der Waals surface area contributed by atoms with Gasteiger partial charge in [-0.1, -0.05) is 60.7 Å². The fraction of sp³-hybridized carbons (Fsp3) is 0.364. The SMILES string of the molecule is Cc1c(C)c(S(=O)(=O)NC(N)=NCCCC(NC(=O)OCC2c3ccccc3-c3ccccc32)C(=O)OCc2ccc(OCCC(=O)O)cc2)c(C)c2c1OC(C)(C)C2. The van der Waals surface area contributed by atoms with Crippen LogP contribution in [0.5, 0.6) is 11.5 Å². The molecule has 1 unspecified atom stereocenters. The van der Waals surface area contributed by atoms with E-state index in [-0.39, 0.29) is 62.4 Å². The fourth-order valence-electron chi connectivity index (χ4n) is 7.59. The Morgan fingerprint density at radius 1 is 0.932 bits per heavy atom. The number of nitrogens with one attached hydrogen (secondary N) is 2. The molecule has 5 N–H and O–H groups in total. The van der Waals surface area contributed by atoms with Crippen LogP contribution in [0.4, 0.5) is 4.79 Å². The van der Waals surface area contributed by atoms with Crippen molar-refractivity contribution in [3.63, 3.8) is 0 Å². The first kappa shape index (κ1) is 42.5. The van der Waals surface area contributed by atoms with E-state index in [2.05, 4.69) is 15.0 Å². The highest BCUT2D eigenvalue weighted by Crippen LogP contribution is 2.45. The number of esters is 1. The maximum Gasteiger partial charge on any atom is 0.407 e. The van der Waals surface area contributed by atoms with E-state index in [0.29, 0.717) is 34.6 Å². The molecule has 2 aliphatic rings. The fourth-order valence-corrected chi connectivity index (χ4v) is 9.11. The Kier molecular flexibility index (Phi) is 12.8. The van der Waals surface area contributed by atoms with Crippen molar-refractivity contribution >= 4 is 34.0 Å². The average molecular weight is 827 g/mol. The van der Waals surface area contributed by atoms with E-state index in [1.54, 1.807) is 38.1 Å². The lowest BCUT2D eigenvalue weighted by atomic mass is 9.94. The highest BCUT2D eigenvalue weighted by Gasteiger charge is 2.37. The zero-order chi connectivity index (χ0) is 42.5. The summed E-state index contributed by atoms with van der Waals surface area (Å²) in [6.07, 6.45) is -0.102. The molecule has 0 saturated carbocycles. The molecule has 0 saturated heterocycles. The Bertz CT molecular complexity index is 2330. The van der Waals surface area contributed by atoms with Gasteiger partial charge in [0.1, 0.15) is 36.4 Å². The van der Waals surface area contributed by atoms with Gasteiger partial charge in [0.15, 0.2) is 0 Å². The van der Waals surface area contributed by atoms with Gasteiger partial charge in [-0.25, -0.2) is 22.7 Å². The van der Waals surface area contributed by atoms with Crippen molar-refractivity contribution in [3.8, 4) is 22.6 Å². The molecule has 1 aliphatic carbocycles. The maximum absolute atomic E-state index is 13.7. The van der Waals surface area contributed by atoms with E-state index in [9.17, 15) is 22.8 Å². The largest absolute Gasteiger partial charge is 0.493 e. The van der Waals surface area contributed by atoms with Crippen LogP contribution in [0.25, 0.3) is 11.1 Å². The Balaban J connectivity index is 1.10. The zero-order valence-electron chi connectivity index (χ0n) is 33.8. The molecule has 15 heteroatoms. The van der Waals surface area contributed by atoms with Gasteiger partial charge in [-0.2, -0.15) is 0 Å². The second-order valence-corrected chi connectivity index (χ2v) is 17.0. The van der Waals surface area contributed by atoms with Crippen LogP contribution < -0.4 is 25.2 Å². The van der Waals surface area contributed by atoms with Crippen LogP contribution in [0.3, 0.4) is 0 Å². The maximum atomic E-state index is 13.7. The molecule has 14 nitrogen and oxygen atoms in total. The minimum Gasteiger partial charge on any atom is -0.493 e. The lowest BCUT2D eigenvalue weighted by Gasteiger charge is -2.19. The summed E-state index contributed by atoms with van der Waals surface area (Å²) in [4.78, 5) is 41.9. The number of rotatable bonds is 16. The molecule has 59 heavy (non-hydrogen) atoms. The number of alkyl carbamates (subject to hydrolysis) is 1. The number of hydrogen-bond donors (Lipinski definition) is 4. The lowest BCUT2D eigenvalue weighted by Crippen LogP contribution is -2.42. The number of benzene rings is 4. The van der Waals surface area contributed by atoms with E-state index >= 15 is 0 Å². The van der Waals surface area contributed by atoms with Crippen molar-refractivity contribution in [2.45, 2.75) is 89.4 Å². The molecule has 0 bridgehead atoms. The van der Waals surface area contributed by atoms with Crippen molar-refractivity contribution in [2.24, 2.45) is 10.7 Å². The monoisotopic (exact) mass is 826 g/mol. The molecule has 1 amide bonds. The molecule has 0 spiro atoms. The highest BCUT2D eigenvalue weighted by atomic mass is 32.2. The summed E-state index contributed by atoms with van der Waals surface area (Å²) in [6.45, 7) is 9.20. The number of carboxylic acid groups (broad SMARTS) is 1.